The Labute approximate surface area is 148 Å². The first-order valence-electron chi connectivity index (χ1n) is 8.94. The molecule has 1 aliphatic heterocycles. The van der Waals surface area contributed by atoms with Crippen molar-refractivity contribution in [1.82, 2.24) is 19.4 Å². The van der Waals surface area contributed by atoms with E-state index in [9.17, 15) is 9.59 Å². The fraction of sp³-hybridized carbons (Fsp3) is 0.526. The number of benzene rings is 1. The molecule has 0 bridgehead atoms. The third-order valence-electron chi connectivity index (χ3n) is 4.96. The Kier molecular flexibility index (Phi) is 5.06. The summed E-state index contributed by atoms with van der Waals surface area (Å²) in [7, 11) is 3.67. The number of hydrogen-bond donors (Lipinski definition) is 0. The van der Waals surface area contributed by atoms with Gasteiger partial charge >= 0.3 is 0 Å². The molecule has 1 aromatic carbocycles. The molecule has 0 radical (unpaired) electrons. The van der Waals surface area contributed by atoms with Gasteiger partial charge in [-0.05, 0) is 18.6 Å². The number of rotatable bonds is 6. The molecule has 1 atom stereocenters. The van der Waals surface area contributed by atoms with Crippen molar-refractivity contribution in [1.29, 1.82) is 0 Å². The van der Waals surface area contributed by atoms with Crippen LogP contribution in [0.25, 0.3) is 11.0 Å². The second-order valence-corrected chi connectivity index (χ2v) is 6.89. The number of likely N-dealkylation sites (tertiary alicyclic amines) is 1. The van der Waals surface area contributed by atoms with Gasteiger partial charge in [-0.2, -0.15) is 0 Å². The quantitative estimate of drug-likeness (QED) is 0.809. The van der Waals surface area contributed by atoms with Gasteiger partial charge in [0.05, 0.1) is 11.0 Å². The number of imidazole rings is 1. The minimum absolute atomic E-state index is 0.0404. The lowest BCUT2D eigenvalue weighted by Crippen LogP contribution is -2.31. The largest absolute Gasteiger partial charge is 0.345 e. The van der Waals surface area contributed by atoms with Gasteiger partial charge in [-0.15, -0.1) is 0 Å². The highest BCUT2D eigenvalue weighted by atomic mass is 16.2. The summed E-state index contributed by atoms with van der Waals surface area (Å²) in [6, 6.07) is 7.86. The van der Waals surface area contributed by atoms with Crippen molar-refractivity contribution in [2.24, 2.45) is 0 Å². The van der Waals surface area contributed by atoms with Crippen molar-refractivity contribution in [2.75, 3.05) is 27.2 Å². The minimum atomic E-state index is 0.0404. The number of carbonyl (C=O) groups is 2. The summed E-state index contributed by atoms with van der Waals surface area (Å²) >= 11 is 0. The second kappa shape index (κ2) is 7.25. The predicted octanol–water partition coefficient (Wildman–Crippen LogP) is 2.24. The first-order chi connectivity index (χ1) is 12.0. The molecule has 1 saturated heterocycles. The van der Waals surface area contributed by atoms with Crippen LogP contribution in [0.4, 0.5) is 0 Å². The van der Waals surface area contributed by atoms with Crippen LogP contribution in [0.3, 0.4) is 0 Å². The lowest BCUT2D eigenvalue weighted by molar-refractivity contribution is -0.130. The SMILES string of the molecule is CCCCN(C)C(=O)Cn1c(C2CC(=O)N(C)C2)nc2ccccc21. The molecule has 134 valence electrons. The minimum Gasteiger partial charge on any atom is -0.345 e. The van der Waals surface area contributed by atoms with Crippen molar-refractivity contribution in [3.8, 4) is 0 Å². The van der Waals surface area contributed by atoms with E-state index in [0.717, 1.165) is 36.2 Å². The van der Waals surface area contributed by atoms with Crippen LogP contribution in [0.1, 0.15) is 37.9 Å². The van der Waals surface area contributed by atoms with Crippen LogP contribution in [0.15, 0.2) is 24.3 Å². The van der Waals surface area contributed by atoms with E-state index in [1.807, 2.05) is 42.9 Å². The second-order valence-electron chi connectivity index (χ2n) is 6.89. The van der Waals surface area contributed by atoms with E-state index in [0.29, 0.717) is 13.0 Å². The first kappa shape index (κ1) is 17.5. The van der Waals surface area contributed by atoms with Crippen molar-refractivity contribution < 1.29 is 9.59 Å². The Morgan fingerprint density at radius 2 is 2.12 bits per heavy atom. The summed E-state index contributed by atoms with van der Waals surface area (Å²) in [5.74, 6) is 1.10. The molecule has 0 saturated carbocycles. The Balaban J connectivity index is 1.91. The average molecular weight is 342 g/mol. The molecular formula is C19H26N4O2. The zero-order valence-electron chi connectivity index (χ0n) is 15.2. The number of carbonyl (C=O) groups excluding carboxylic acids is 2. The summed E-state index contributed by atoms with van der Waals surface area (Å²) in [4.78, 5) is 32.9. The maximum absolute atomic E-state index is 12.7. The Morgan fingerprint density at radius 3 is 2.80 bits per heavy atom. The molecule has 6 nitrogen and oxygen atoms in total. The molecular weight excluding hydrogens is 316 g/mol. The van der Waals surface area contributed by atoms with Crippen LogP contribution >= 0.6 is 0 Å². The summed E-state index contributed by atoms with van der Waals surface area (Å²) in [6.45, 7) is 3.81. The molecule has 1 fully saturated rings. The molecule has 1 aliphatic rings. The Bertz CT molecular complexity index is 783. The van der Waals surface area contributed by atoms with Gasteiger partial charge < -0.3 is 14.4 Å². The molecule has 0 aliphatic carbocycles. The number of para-hydroxylation sites is 2. The van der Waals surface area contributed by atoms with Crippen LogP contribution < -0.4 is 0 Å². The number of fused-ring (bicyclic) bond motifs is 1. The summed E-state index contributed by atoms with van der Waals surface area (Å²) in [5, 5.41) is 0. The van der Waals surface area contributed by atoms with Crippen molar-refractivity contribution in [3.63, 3.8) is 0 Å². The molecule has 3 rings (SSSR count). The normalized spacial score (nSPS) is 17.5. The number of unbranched alkanes of at least 4 members (excludes halogenated alkanes) is 1. The highest BCUT2D eigenvalue weighted by molar-refractivity contribution is 5.82. The highest BCUT2D eigenvalue weighted by Gasteiger charge is 2.32. The van der Waals surface area contributed by atoms with Gasteiger partial charge in [0, 0.05) is 39.5 Å². The van der Waals surface area contributed by atoms with Crippen LogP contribution in [0.5, 0.6) is 0 Å². The maximum atomic E-state index is 12.7. The van der Waals surface area contributed by atoms with E-state index >= 15 is 0 Å². The third-order valence-corrected chi connectivity index (χ3v) is 4.96. The molecule has 0 spiro atoms. The van der Waals surface area contributed by atoms with E-state index < -0.39 is 0 Å². The number of likely N-dealkylation sites (N-methyl/N-ethyl adjacent to an activating group) is 2. The van der Waals surface area contributed by atoms with Crippen LogP contribution in [0, 0.1) is 0 Å². The van der Waals surface area contributed by atoms with Crippen molar-refractivity contribution in [3.05, 3.63) is 30.1 Å². The number of aromatic nitrogens is 2. The van der Waals surface area contributed by atoms with E-state index in [2.05, 4.69) is 6.92 Å². The molecule has 25 heavy (non-hydrogen) atoms. The highest BCUT2D eigenvalue weighted by Crippen LogP contribution is 2.29. The van der Waals surface area contributed by atoms with E-state index in [4.69, 9.17) is 4.98 Å². The summed E-state index contributed by atoms with van der Waals surface area (Å²) < 4.78 is 2.00. The molecule has 2 aromatic rings. The smallest absolute Gasteiger partial charge is 0.242 e. The molecule has 1 unspecified atom stereocenters. The van der Waals surface area contributed by atoms with E-state index in [1.54, 1.807) is 9.80 Å². The molecule has 0 N–H and O–H groups in total. The average Bonchev–Trinajstić information content (AvgIpc) is 3.13. The molecule has 1 aromatic heterocycles. The molecule has 2 heterocycles. The Hall–Kier alpha value is -2.37. The summed E-state index contributed by atoms with van der Waals surface area (Å²) in [5.41, 5.74) is 1.83. The maximum Gasteiger partial charge on any atom is 0.242 e. The first-order valence-corrected chi connectivity index (χ1v) is 8.94. The monoisotopic (exact) mass is 342 g/mol. The topological polar surface area (TPSA) is 58.4 Å². The van der Waals surface area contributed by atoms with Crippen LogP contribution in [-0.4, -0.2) is 58.4 Å². The number of amides is 2. The van der Waals surface area contributed by atoms with Gasteiger partial charge in [0.25, 0.3) is 0 Å². The zero-order valence-corrected chi connectivity index (χ0v) is 15.2. The standard InChI is InChI=1S/C19H26N4O2/c1-4-5-10-21(2)18(25)13-23-16-9-7-6-8-15(16)20-19(23)14-11-17(24)22(3)12-14/h6-9,14H,4-5,10-13H2,1-3H3. The van der Waals surface area contributed by atoms with Gasteiger partial charge in [-0.3, -0.25) is 9.59 Å². The fourth-order valence-electron chi connectivity index (χ4n) is 3.38. The lowest BCUT2D eigenvalue weighted by Gasteiger charge is -2.19. The number of hydrogen-bond acceptors (Lipinski definition) is 3. The van der Waals surface area contributed by atoms with Gasteiger partial charge in [0.1, 0.15) is 12.4 Å². The fourth-order valence-corrected chi connectivity index (χ4v) is 3.38. The van der Waals surface area contributed by atoms with Gasteiger partial charge in [0.15, 0.2) is 0 Å². The summed E-state index contributed by atoms with van der Waals surface area (Å²) in [6.07, 6.45) is 2.52. The van der Waals surface area contributed by atoms with Crippen LogP contribution in [-0.2, 0) is 16.1 Å². The van der Waals surface area contributed by atoms with Gasteiger partial charge in [0.2, 0.25) is 11.8 Å². The van der Waals surface area contributed by atoms with Crippen LogP contribution in [0.2, 0.25) is 0 Å². The van der Waals surface area contributed by atoms with Crippen molar-refractivity contribution in [2.45, 2.75) is 38.6 Å². The van der Waals surface area contributed by atoms with Crippen molar-refractivity contribution >= 4 is 22.8 Å². The zero-order chi connectivity index (χ0) is 18.0. The van der Waals surface area contributed by atoms with E-state index in [-0.39, 0.29) is 24.3 Å². The number of nitrogens with zero attached hydrogens (tertiary/aromatic N) is 4. The third kappa shape index (κ3) is 3.52. The predicted molar refractivity (Wildman–Crippen MR) is 97.3 cm³/mol. The molecule has 2 amide bonds. The Morgan fingerprint density at radius 1 is 1.36 bits per heavy atom. The van der Waals surface area contributed by atoms with Gasteiger partial charge in [-0.1, -0.05) is 25.5 Å². The molecule has 6 heteroatoms. The van der Waals surface area contributed by atoms with Gasteiger partial charge in [-0.25, -0.2) is 4.98 Å². The van der Waals surface area contributed by atoms with E-state index in [1.165, 1.54) is 0 Å². The lowest BCUT2D eigenvalue weighted by atomic mass is 10.1.